The standard InChI is InChI=1S/C13H18O3/c1-3-7-13(2,12(15)16)9-10-5-4-6-11(14)8-10/h4-6,8,14H,3,7,9H2,1-2H3,(H,15,16). The highest BCUT2D eigenvalue weighted by molar-refractivity contribution is 5.74. The number of carbonyl (C=O) groups is 1. The van der Waals surface area contributed by atoms with Crippen molar-refractivity contribution in [3.63, 3.8) is 0 Å². The van der Waals surface area contributed by atoms with Crippen molar-refractivity contribution in [1.82, 2.24) is 0 Å². The molecule has 0 aliphatic heterocycles. The first-order valence-corrected chi connectivity index (χ1v) is 5.49. The van der Waals surface area contributed by atoms with Gasteiger partial charge in [-0.3, -0.25) is 4.79 Å². The molecule has 0 fully saturated rings. The summed E-state index contributed by atoms with van der Waals surface area (Å²) in [5.74, 6) is -0.598. The molecule has 0 radical (unpaired) electrons. The van der Waals surface area contributed by atoms with Crippen LogP contribution in [-0.4, -0.2) is 16.2 Å². The fourth-order valence-electron chi connectivity index (χ4n) is 1.94. The maximum Gasteiger partial charge on any atom is 0.309 e. The van der Waals surface area contributed by atoms with Gasteiger partial charge in [0.1, 0.15) is 5.75 Å². The first-order valence-electron chi connectivity index (χ1n) is 5.49. The van der Waals surface area contributed by atoms with Crippen LogP contribution in [0.15, 0.2) is 24.3 Å². The van der Waals surface area contributed by atoms with E-state index in [1.165, 1.54) is 0 Å². The van der Waals surface area contributed by atoms with Crippen molar-refractivity contribution >= 4 is 5.97 Å². The highest BCUT2D eigenvalue weighted by atomic mass is 16.4. The Balaban J connectivity index is 2.87. The number of carboxylic acid groups (broad SMARTS) is 1. The lowest BCUT2D eigenvalue weighted by Gasteiger charge is -2.24. The third kappa shape index (κ3) is 2.99. The normalized spacial score (nSPS) is 14.4. The summed E-state index contributed by atoms with van der Waals surface area (Å²) in [5, 5.41) is 18.6. The summed E-state index contributed by atoms with van der Waals surface area (Å²) in [4.78, 5) is 11.2. The number of carboxylic acids is 1. The second-order valence-corrected chi connectivity index (χ2v) is 4.46. The molecule has 0 aromatic heterocycles. The Kier molecular flexibility index (Phi) is 3.93. The van der Waals surface area contributed by atoms with Gasteiger partial charge in [-0.15, -0.1) is 0 Å². The van der Waals surface area contributed by atoms with Crippen molar-refractivity contribution in [1.29, 1.82) is 0 Å². The quantitative estimate of drug-likeness (QED) is 0.805. The number of phenols is 1. The molecular weight excluding hydrogens is 204 g/mol. The average Bonchev–Trinajstić information content (AvgIpc) is 2.17. The number of rotatable bonds is 5. The number of hydrogen-bond donors (Lipinski definition) is 2. The van der Waals surface area contributed by atoms with E-state index < -0.39 is 11.4 Å². The monoisotopic (exact) mass is 222 g/mol. The molecule has 1 aromatic rings. The molecule has 2 N–H and O–H groups in total. The minimum atomic E-state index is -0.780. The Bertz CT molecular complexity index is 373. The van der Waals surface area contributed by atoms with E-state index in [-0.39, 0.29) is 5.75 Å². The highest BCUT2D eigenvalue weighted by Gasteiger charge is 2.32. The predicted molar refractivity (Wildman–Crippen MR) is 62.5 cm³/mol. The van der Waals surface area contributed by atoms with E-state index in [2.05, 4.69) is 0 Å². The zero-order valence-electron chi connectivity index (χ0n) is 9.73. The van der Waals surface area contributed by atoms with Gasteiger partial charge >= 0.3 is 5.97 Å². The van der Waals surface area contributed by atoms with Gasteiger partial charge in [-0.05, 0) is 37.5 Å². The molecule has 3 heteroatoms. The summed E-state index contributed by atoms with van der Waals surface area (Å²) in [6.45, 7) is 3.73. The number of aliphatic carboxylic acids is 1. The van der Waals surface area contributed by atoms with Gasteiger partial charge in [0.05, 0.1) is 5.41 Å². The zero-order chi connectivity index (χ0) is 12.2. The second-order valence-electron chi connectivity index (χ2n) is 4.46. The van der Waals surface area contributed by atoms with Gasteiger partial charge in [0.15, 0.2) is 0 Å². The summed E-state index contributed by atoms with van der Waals surface area (Å²) < 4.78 is 0. The van der Waals surface area contributed by atoms with E-state index in [1.807, 2.05) is 13.0 Å². The lowest BCUT2D eigenvalue weighted by Crippen LogP contribution is -2.29. The number of aromatic hydroxyl groups is 1. The summed E-state index contributed by atoms with van der Waals surface area (Å²) in [7, 11) is 0. The Hall–Kier alpha value is -1.51. The lowest BCUT2D eigenvalue weighted by molar-refractivity contribution is -0.148. The zero-order valence-corrected chi connectivity index (χ0v) is 9.73. The first-order chi connectivity index (χ1) is 7.48. The Morgan fingerprint density at radius 2 is 2.12 bits per heavy atom. The molecule has 1 aromatic carbocycles. The van der Waals surface area contributed by atoms with Crippen LogP contribution >= 0.6 is 0 Å². The van der Waals surface area contributed by atoms with Crippen molar-refractivity contribution in [2.45, 2.75) is 33.1 Å². The number of phenolic OH excluding ortho intramolecular Hbond substituents is 1. The molecule has 0 aliphatic rings. The topological polar surface area (TPSA) is 57.5 Å². The molecule has 1 atom stereocenters. The van der Waals surface area contributed by atoms with Crippen LogP contribution in [0.5, 0.6) is 5.75 Å². The van der Waals surface area contributed by atoms with Gasteiger partial charge in [0.25, 0.3) is 0 Å². The van der Waals surface area contributed by atoms with Crippen LogP contribution in [0.3, 0.4) is 0 Å². The Labute approximate surface area is 95.7 Å². The summed E-state index contributed by atoms with van der Waals surface area (Å²) in [5.41, 5.74) is 0.112. The van der Waals surface area contributed by atoms with Crippen molar-refractivity contribution in [2.24, 2.45) is 5.41 Å². The predicted octanol–water partition coefficient (Wildman–Crippen LogP) is 2.83. The lowest BCUT2D eigenvalue weighted by atomic mass is 9.80. The average molecular weight is 222 g/mol. The molecular formula is C13H18O3. The van der Waals surface area contributed by atoms with Crippen LogP contribution in [0.4, 0.5) is 0 Å². The van der Waals surface area contributed by atoms with Gasteiger partial charge in [-0.2, -0.15) is 0 Å². The maximum absolute atomic E-state index is 11.2. The first kappa shape index (κ1) is 12.6. The minimum Gasteiger partial charge on any atom is -0.508 e. The number of benzene rings is 1. The summed E-state index contributed by atoms with van der Waals surface area (Å²) in [6, 6.07) is 6.79. The molecule has 16 heavy (non-hydrogen) atoms. The van der Waals surface area contributed by atoms with Crippen molar-refractivity contribution < 1.29 is 15.0 Å². The van der Waals surface area contributed by atoms with Crippen LogP contribution in [0, 0.1) is 5.41 Å². The molecule has 0 heterocycles. The van der Waals surface area contributed by atoms with E-state index in [1.54, 1.807) is 25.1 Å². The smallest absolute Gasteiger partial charge is 0.309 e. The third-order valence-electron chi connectivity index (χ3n) is 2.82. The van der Waals surface area contributed by atoms with Crippen LogP contribution in [0.2, 0.25) is 0 Å². The Morgan fingerprint density at radius 1 is 1.44 bits per heavy atom. The molecule has 0 saturated carbocycles. The van der Waals surface area contributed by atoms with E-state index in [9.17, 15) is 15.0 Å². The van der Waals surface area contributed by atoms with Crippen LogP contribution in [0.1, 0.15) is 32.3 Å². The fourth-order valence-corrected chi connectivity index (χ4v) is 1.94. The molecule has 88 valence electrons. The molecule has 0 aliphatic carbocycles. The molecule has 0 saturated heterocycles. The Morgan fingerprint density at radius 3 is 2.62 bits per heavy atom. The van der Waals surface area contributed by atoms with E-state index in [0.717, 1.165) is 12.0 Å². The molecule has 0 bridgehead atoms. The summed E-state index contributed by atoms with van der Waals surface area (Å²) in [6.07, 6.45) is 1.92. The SMILES string of the molecule is CCCC(C)(Cc1cccc(O)c1)C(=O)O. The second kappa shape index (κ2) is 5.01. The maximum atomic E-state index is 11.2. The molecule has 1 unspecified atom stereocenters. The molecule has 0 amide bonds. The molecule has 1 rings (SSSR count). The van der Waals surface area contributed by atoms with E-state index in [0.29, 0.717) is 12.8 Å². The van der Waals surface area contributed by atoms with Crippen molar-refractivity contribution in [3.05, 3.63) is 29.8 Å². The largest absolute Gasteiger partial charge is 0.508 e. The van der Waals surface area contributed by atoms with E-state index >= 15 is 0 Å². The van der Waals surface area contributed by atoms with Gasteiger partial charge in [0.2, 0.25) is 0 Å². The third-order valence-corrected chi connectivity index (χ3v) is 2.82. The number of hydrogen-bond acceptors (Lipinski definition) is 2. The highest BCUT2D eigenvalue weighted by Crippen LogP contribution is 2.29. The molecule has 0 spiro atoms. The summed E-state index contributed by atoms with van der Waals surface area (Å²) >= 11 is 0. The van der Waals surface area contributed by atoms with Gasteiger partial charge in [-0.25, -0.2) is 0 Å². The van der Waals surface area contributed by atoms with Crippen molar-refractivity contribution in [2.75, 3.05) is 0 Å². The van der Waals surface area contributed by atoms with Crippen molar-refractivity contribution in [3.8, 4) is 5.75 Å². The molecule has 3 nitrogen and oxygen atoms in total. The van der Waals surface area contributed by atoms with E-state index in [4.69, 9.17) is 0 Å². The van der Waals surface area contributed by atoms with Crippen LogP contribution in [0.25, 0.3) is 0 Å². The van der Waals surface area contributed by atoms with Gasteiger partial charge in [-0.1, -0.05) is 25.5 Å². The fraction of sp³-hybridized carbons (Fsp3) is 0.462. The minimum absolute atomic E-state index is 0.182. The van der Waals surface area contributed by atoms with Crippen LogP contribution in [-0.2, 0) is 11.2 Å². The van der Waals surface area contributed by atoms with Crippen LogP contribution < -0.4 is 0 Å². The van der Waals surface area contributed by atoms with Gasteiger partial charge in [0, 0.05) is 0 Å². The van der Waals surface area contributed by atoms with Gasteiger partial charge < -0.3 is 10.2 Å².